The summed E-state index contributed by atoms with van der Waals surface area (Å²) in [4.78, 5) is 0. The normalized spacial score (nSPS) is 19.9. The van der Waals surface area contributed by atoms with Crippen LogP contribution in [0.2, 0.25) is 0 Å². The summed E-state index contributed by atoms with van der Waals surface area (Å²) < 4.78 is 0. The third-order valence-corrected chi connectivity index (χ3v) is 4.11. The second kappa shape index (κ2) is 4.52. The molecule has 0 unspecified atom stereocenters. The molecule has 0 heteroatoms. The zero-order valence-corrected chi connectivity index (χ0v) is 10.6. The van der Waals surface area contributed by atoms with E-state index in [1.165, 1.54) is 48.8 Å². The molecule has 88 valence electrons. The molecule has 0 bridgehead atoms. The largest absolute Gasteiger partial charge is 0.0842 e. The lowest BCUT2D eigenvalue weighted by atomic mass is 9.76. The first-order valence-corrected chi connectivity index (χ1v) is 6.81. The Morgan fingerprint density at radius 3 is 2.71 bits per heavy atom. The molecule has 0 N–H and O–H groups in total. The fourth-order valence-corrected chi connectivity index (χ4v) is 2.86. The van der Waals surface area contributed by atoms with E-state index in [1.807, 2.05) is 0 Å². The van der Waals surface area contributed by atoms with Crippen LogP contribution in [0, 0.1) is 6.92 Å². The standard InChI is InChI=1S/C17H20/c1-13-10-11-16(14-6-3-2-4-7-14)17(12-13)15-8-5-9-15/h2-3,6,10-12,15H,4-5,7-9H2,1H3. The summed E-state index contributed by atoms with van der Waals surface area (Å²) in [6.45, 7) is 2.21. The van der Waals surface area contributed by atoms with Crippen molar-refractivity contribution in [2.24, 2.45) is 0 Å². The third kappa shape index (κ3) is 2.09. The first-order chi connectivity index (χ1) is 8.34. The summed E-state index contributed by atoms with van der Waals surface area (Å²) in [5.41, 5.74) is 6.07. The molecule has 1 aromatic rings. The first-order valence-electron chi connectivity index (χ1n) is 6.81. The van der Waals surface area contributed by atoms with Crippen molar-refractivity contribution in [2.45, 2.75) is 44.9 Å². The van der Waals surface area contributed by atoms with Crippen molar-refractivity contribution in [2.75, 3.05) is 0 Å². The zero-order valence-electron chi connectivity index (χ0n) is 10.6. The van der Waals surface area contributed by atoms with E-state index in [9.17, 15) is 0 Å². The van der Waals surface area contributed by atoms with Gasteiger partial charge in [-0.2, -0.15) is 0 Å². The lowest BCUT2D eigenvalue weighted by Gasteiger charge is -2.29. The van der Waals surface area contributed by atoms with Gasteiger partial charge in [0.15, 0.2) is 0 Å². The minimum absolute atomic E-state index is 0.830. The second-order valence-electron chi connectivity index (χ2n) is 5.38. The van der Waals surface area contributed by atoms with Gasteiger partial charge in [-0.15, -0.1) is 0 Å². The number of allylic oxidation sites excluding steroid dienone is 4. The highest BCUT2D eigenvalue weighted by Crippen LogP contribution is 2.41. The average Bonchev–Trinajstić information content (AvgIpc) is 2.28. The Bertz CT molecular complexity index is 473. The van der Waals surface area contributed by atoms with Crippen molar-refractivity contribution in [3.63, 3.8) is 0 Å². The molecule has 2 aliphatic carbocycles. The van der Waals surface area contributed by atoms with E-state index < -0.39 is 0 Å². The second-order valence-corrected chi connectivity index (χ2v) is 5.38. The van der Waals surface area contributed by atoms with Crippen LogP contribution in [0.15, 0.2) is 36.4 Å². The highest BCUT2D eigenvalue weighted by atomic mass is 14.3. The molecule has 1 fully saturated rings. The molecule has 1 aromatic carbocycles. The van der Waals surface area contributed by atoms with Gasteiger partial charge in [0.05, 0.1) is 0 Å². The van der Waals surface area contributed by atoms with Crippen LogP contribution in [-0.4, -0.2) is 0 Å². The Morgan fingerprint density at radius 1 is 1.18 bits per heavy atom. The maximum Gasteiger partial charge on any atom is -0.0156 e. The van der Waals surface area contributed by atoms with Gasteiger partial charge in [-0.05, 0) is 55.2 Å². The van der Waals surface area contributed by atoms with Gasteiger partial charge < -0.3 is 0 Å². The molecular weight excluding hydrogens is 204 g/mol. The number of hydrogen-bond acceptors (Lipinski definition) is 0. The molecule has 1 saturated carbocycles. The van der Waals surface area contributed by atoms with Crippen LogP contribution < -0.4 is 0 Å². The van der Waals surface area contributed by atoms with Crippen molar-refractivity contribution in [1.29, 1.82) is 0 Å². The number of rotatable bonds is 2. The number of benzene rings is 1. The van der Waals surface area contributed by atoms with Gasteiger partial charge in [0.25, 0.3) is 0 Å². The fraction of sp³-hybridized carbons (Fsp3) is 0.412. The van der Waals surface area contributed by atoms with Gasteiger partial charge in [0.1, 0.15) is 0 Å². The molecular formula is C17H20. The van der Waals surface area contributed by atoms with Crippen LogP contribution in [0.25, 0.3) is 5.57 Å². The molecule has 2 aliphatic rings. The van der Waals surface area contributed by atoms with Crippen molar-refractivity contribution in [3.05, 3.63) is 53.1 Å². The van der Waals surface area contributed by atoms with E-state index in [2.05, 4.69) is 43.4 Å². The molecule has 0 aliphatic heterocycles. The van der Waals surface area contributed by atoms with E-state index in [1.54, 1.807) is 5.56 Å². The van der Waals surface area contributed by atoms with Crippen LogP contribution in [-0.2, 0) is 0 Å². The zero-order chi connectivity index (χ0) is 11.7. The number of hydrogen-bond donors (Lipinski definition) is 0. The van der Waals surface area contributed by atoms with Gasteiger partial charge >= 0.3 is 0 Å². The Labute approximate surface area is 104 Å². The average molecular weight is 224 g/mol. The van der Waals surface area contributed by atoms with Crippen LogP contribution >= 0.6 is 0 Å². The summed E-state index contributed by atoms with van der Waals surface area (Å²) in [6, 6.07) is 7.02. The van der Waals surface area contributed by atoms with Crippen LogP contribution in [0.5, 0.6) is 0 Å². The first kappa shape index (κ1) is 10.8. The Morgan fingerprint density at radius 2 is 2.06 bits per heavy atom. The highest BCUT2D eigenvalue weighted by molar-refractivity contribution is 5.71. The lowest BCUT2D eigenvalue weighted by molar-refractivity contribution is 0.419. The summed E-state index contributed by atoms with van der Waals surface area (Å²) >= 11 is 0. The summed E-state index contributed by atoms with van der Waals surface area (Å²) in [5, 5.41) is 0. The summed E-state index contributed by atoms with van der Waals surface area (Å²) in [5.74, 6) is 0.830. The smallest absolute Gasteiger partial charge is 0.0156 e. The van der Waals surface area contributed by atoms with Crippen molar-refractivity contribution >= 4 is 5.57 Å². The van der Waals surface area contributed by atoms with Gasteiger partial charge in [0, 0.05) is 0 Å². The van der Waals surface area contributed by atoms with Crippen LogP contribution in [0.4, 0.5) is 0 Å². The van der Waals surface area contributed by atoms with Crippen molar-refractivity contribution in [3.8, 4) is 0 Å². The predicted molar refractivity (Wildman–Crippen MR) is 74.1 cm³/mol. The number of aryl methyl sites for hydroxylation is 1. The monoisotopic (exact) mass is 224 g/mol. The Hall–Kier alpha value is -1.30. The van der Waals surface area contributed by atoms with Gasteiger partial charge in [-0.1, -0.05) is 48.4 Å². The molecule has 0 aromatic heterocycles. The minimum Gasteiger partial charge on any atom is -0.0842 e. The van der Waals surface area contributed by atoms with E-state index in [0.717, 1.165) is 5.92 Å². The molecule has 0 radical (unpaired) electrons. The molecule has 0 atom stereocenters. The Balaban J connectivity index is 2.02. The van der Waals surface area contributed by atoms with E-state index in [-0.39, 0.29) is 0 Å². The Kier molecular flexibility index (Phi) is 2.88. The molecule has 0 amide bonds. The van der Waals surface area contributed by atoms with Crippen LogP contribution in [0.3, 0.4) is 0 Å². The molecule has 0 saturated heterocycles. The minimum atomic E-state index is 0.830. The molecule has 17 heavy (non-hydrogen) atoms. The highest BCUT2D eigenvalue weighted by Gasteiger charge is 2.23. The summed E-state index contributed by atoms with van der Waals surface area (Å²) in [6.07, 6.45) is 13.4. The fourth-order valence-electron chi connectivity index (χ4n) is 2.86. The van der Waals surface area contributed by atoms with E-state index in [0.29, 0.717) is 0 Å². The topological polar surface area (TPSA) is 0 Å². The molecule has 0 spiro atoms. The maximum atomic E-state index is 2.42. The molecule has 0 heterocycles. The SMILES string of the molecule is Cc1ccc(C2=CC=CCC2)c(C2CCC2)c1. The third-order valence-electron chi connectivity index (χ3n) is 4.11. The molecule has 0 nitrogen and oxygen atoms in total. The van der Waals surface area contributed by atoms with E-state index >= 15 is 0 Å². The lowest BCUT2D eigenvalue weighted by Crippen LogP contribution is -2.11. The van der Waals surface area contributed by atoms with Crippen molar-refractivity contribution in [1.82, 2.24) is 0 Å². The van der Waals surface area contributed by atoms with Gasteiger partial charge in [-0.25, -0.2) is 0 Å². The summed E-state index contributed by atoms with van der Waals surface area (Å²) in [7, 11) is 0. The van der Waals surface area contributed by atoms with Crippen molar-refractivity contribution < 1.29 is 0 Å². The molecule has 3 rings (SSSR count). The quantitative estimate of drug-likeness (QED) is 0.663. The van der Waals surface area contributed by atoms with E-state index in [4.69, 9.17) is 0 Å². The van der Waals surface area contributed by atoms with Gasteiger partial charge in [0.2, 0.25) is 0 Å². The van der Waals surface area contributed by atoms with Crippen LogP contribution in [0.1, 0.15) is 54.7 Å². The van der Waals surface area contributed by atoms with Gasteiger partial charge in [-0.3, -0.25) is 0 Å². The maximum absolute atomic E-state index is 2.42. The predicted octanol–water partition coefficient (Wildman–Crippen LogP) is 5.00.